The van der Waals surface area contributed by atoms with E-state index in [9.17, 15) is 8.60 Å². The molecule has 0 radical (unpaired) electrons. The molecule has 1 fully saturated rings. The van der Waals surface area contributed by atoms with E-state index in [1.807, 2.05) is 23.4 Å². The maximum Gasteiger partial charge on any atom is 0.228 e. The topological polar surface area (TPSA) is 80.5 Å². The lowest BCUT2D eigenvalue weighted by atomic mass is 10.1. The molecule has 0 amide bonds. The molecule has 1 aliphatic rings. The Kier molecular flexibility index (Phi) is 6.10. The van der Waals surface area contributed by atoms with Crippen LogP contribution < -0.4 is 15.8 Å². The third-order valence-electron chi connectivity index (χ3n) is 5.00. The van der Waals surface area contributed by atoms with Crippen LogP contribution in [-0.2, 0) is 9.71 Å². The predicted octanol–water partition coefficient (Wildman–Crippen LogP) is 3.15. The number of anilines is 2. The van der Waals surface area contributed by atoms with Gasteiger partial charge in [0.15, 0.2) is 0 Å². The number of piperidine rings is 1. The minimum absolute atomic E-state index is 0.213. The number of nitrogens with two attached hydrogens (primary N) is 1. The molecule has 0 spiro atoms. The molecule has 1 aliphatic heterocycles. The molecule has 8 heteroatoms. The lowest BCUT2D eigenvalue weighted by Crippen LogP contribution is -2.42. The van der Waals surface area contributed by atoms with Crippen LogP contribution >= 0.6 is 0 Å². The average Bonchev–Trinajstić information content (AvgIpc) is 2.67. The van der Waals surface area contributed by atoms with Gasteiger partial charge in [0.25, 0.3) is 0 Å². The first-order valence-electron chi connectivity index (χ1n) is 9.22. The van der Waals surface area contributed by atoms with Crippen molar-refractivity contribution in [3.05, 3.63) is 41.6 Å². The van der Waals surface area contributed by atoms with Crippen LogP contribution in [0.5, 0.6) is 5.75 Å². The van der Waals surface area contributed by atoms with Gasteiger partial charge in [0.2, 0.25) is 6.86 Å². The molecule has 1 saturated heterocycles. The van der Waals surface area contributed by atoms with E-state index in [2.05, 4.69) is 16.2 Å². The number of halogens is 1. The van der Waals surface area contributed by atoms with Crippen LogP contribution in [0, 0.1) is 13.8 Å². The fourth-order valence-electron chi connectivity index (χ4n) is 3.36. The van der Waals surface area contributed by atoms with Gasteiger partial charge in [0, 0.05) is 29.7 Å². The number of alkyl halides is 1. The highest BCUT2D eigenvalue weighted by Gasteiger charge is 2.26. The van der Waals surface area contributed by atoms with Crippen LogP contribution in [0.1, 0.15) is 24.1 Å². The molecular formula is C20H27FN4O2S. The fourth-order valence-corrected chi connectivity index (χ4v) is 5.10. The fraction of sp³-hybridized carbons (Fsp3) is 0.400. The van der Waals surface area contributed by atoms with Gasteiger partial charge in [-0.15, -0.1) is 0 Å². The van der Waals surface area contributed by atoms with Crippen molar-refractivity contribution in [2.75, 3.05) is 31.0 Å². The monoisotopic (exact) mass is 406 g/mol. The average molecular weight is 407 g/mol. The zero-order valence-corrected chi connectivity index (χ0v) is 17.1. The lowest BCUT2D eigenvalue weighted by molar-refractivity contribution is 0.190. The van der Waals surface area contributed by atoms with Gasteiger partial charge in [0.1, 0.15) is 11.6 Å². The summed E-state index contributed by atoms with van der Waals surface area (Å²) in [6.07, 6.45) is 1.62. The van der Waals surface area contributed by atoms with Crippen LogP contribution in [0.3, 0.4) is 0 Å². The Balaban J connectivity index is 1.66. The van der Waals surface area contributed by atoms with Gasteiger partial charge in [0.05, 0.1) is 15.4 Å². The van der Waals surface area contributed by atoms with Gasteiger partial charge in [-0.1, -0.05) is 0 Å². The molecule has 152 valence electrons. The number of rotatable bonds is 6. The Morgan fingerprint density at radius 3 is 2.68 bits per heavy atom. The van der Waals surface area contributed by atoms with Crippen molar-refractivity contribution in [1.29, 1.82) is 0 Å². The highest BCUT2D eigenvalue weighted by atomic mass is 32.2. The van der Waals surface area contributed by atoms with Crippen molar-refractivity contribution in [1.82, 2.24) is 9.29 Å². The highest BCUT2D eigenvalue weighted by molar-refractivity contribution is 7.98. The molecule has 2 heterocycles. The van der Waals surface area contributed by atoms with Crippen LogP contribution in [0.25, 0.3) is 0 Å². The zero-order valence-electron chi connectivity index (χ0n) is 16.3. The van der Waals surface area contributed by atoms with E-state index in [-0.39, 0.29) is 6.04 Å². The molecule has 6 nitrogen and oxygen atoms in total. The number of aryl methyl sites for hydroxylation is 2. The van der Waals surface area contributed by atoms with Gasteiger partial charge in [-0.25, -0.2) is 17.9 Å². The second-order valence-electron chi connectivity index (χ2n) is 7.06. The van der Waals surface area contributed by atoms with Crippen LogP contribution in [-0.4, -0.2) is 45.4 Å². The van der Waals surface area contributed by atoms with Crippen molar-refractivity contribution in [3.63, 3.8) is 0 Å². The van der Waals surface area contributed by atoms with Gasteiger partial charge in [-0.05, 0) is 68.5 Å². The quantitative estimate of drug-likeness (QED) is 0.721. The SMILES string of the molecule is C=S(=O)(c1ccc(OCF)c(C)c1)N1CCC(Nc2nc(C)ccc2N)CC1. The zero-order chi connectivity index (χ0) is 20.3. The summed E-state index contributed by atoms with van der Waals surface area (Å²) in [5.74, 6) is 5.15. The smallest absolute Gasteiger partial charge is 0.228 e. The van der Waals surface area contributed by atoms with Crippen molar-refractivity contribution < 1.29 is 13.3 Å². The Morgan fingerprint density at radius 1 is 1.32 bits per heavy atom. The summed E-state index contributed by atoms with van der Waals surface area (Å²) in [7, 11) is -2.61. The Morgan fingerprint density at radius 2 is 2.04 bits per heavy atom. The summed E-state index contributed by atoms with van der Waals surface area (Å²) >= 11 is 0. The van der Waals surface area contributed by atoms with E-state index in [4.69, 9.17) is 10.5 Å². The maximum atomic E-state index is 13.4. The largest absolute Gasteiger partial charge is 0.463 e. The summed E-state index contributed by atoms with van der Waals surface area (Å²) in [4.78, 5) is 5.09. The van der Waals surface area contributed by atoms with Gasteiger partial charge in [-0.2, -0.15) is 0 Å². The van der Waals surface area contributed by atoms with Crippen molar-refractivity contribution in [2.24, 2.45) is 0 Å². The second-order valence-corrected chi connectivity index (χ2v) is 9.33. The summed E-state index contributed by atoms with van der Waals surface area (Å²) in [5.41, 5.74) is 8.27. The van der Waals surface area contributed by atoms with E-state index < -0.39 is 16.6 Å². The van der Waals surface area contributed by atoms with Crippen LogP contribution in [0.2, 0.25) is 0 Å². The van der Waals surface area contributed by atoms with Gasteiger partial charge < -0.3 is 15.8 Å². The third kappa shape index (κ3) is 4.39. The third-order valence-corrected chi connectivity index (χ3v) is 7.19. The van der Waals surface area contributed by atoms with Crippen molar-refractivity contribution >= 4 is 27.1 Å². The minimum Gasteiger partial charge on any atom is -0.463 e. The number of nitrogens with one attached hydrogen (secondary N) is 1. The summed E-state index contributed by atoms with van der Waals surface area (Å²) in [6, 6.07) is 9.06. The van der Waals surface area contributed by atoms with E-state index >= 15 is 0 Å². The molecule has 1 aromatic heterocycles. The molecule has 1 unspecified atom stereocenters. The van der Waals surface area contributed by atoms with E-state index in [0.717, 1.165) is 24.1 Å². The molecule has 3 N–H and O–H groups in total. The molecule has 0 aliphatic carbocycles. The second kappa shape index (κ2) is 8.36. The Hall–Kier alpha value is -2.32. The Bertz CT molecular complexity index is 941. The number of nitrogen functional groups attached to an aromatic ring is 1. The van der Waals surface area contributed by atoms with E-state index in [1.54, 1.807) is 25.1 Å². The normalized spacial score (nSPS) is 17.8. The van der Waals surface area contributed by atoms with Crippen LogP contribution in [0.15, 0.2) is 35.2 Å². The number of benzene rings is 1. The molecule has 1 atom stereocenters. The molecule has 0 saturated carbocycles. The predicted molar refractivity (Wildman–Crippen MR) is 113 cm³/mol. The maximum absolute atomic E-state index is 13.4. The summed E-state index contributed by atoms with van der Waals surface area (Å²) < 4.78 is 32.6. The Labute approximate surface area is 166 Å². The van der Waals surface area contributed by atoms with Crippen molar-refractivity contribution in [2.45, 2.75) is 37.6 Å². The molecule has 2 aromatic rings. The number of hydrogen-bond acceptors (Lipinski definition) is 5. The molecule has 28 heavy (non-hydrogen) atoms. The number of pyridine rings is 1. The number of ether oxygens (including phenoxy) is 1. The first kappa shape index (κ1) is 20.4. The number of aromatic nitrogens is 1. The summed E-state index contributed by atoms with van der Waals surface area (Å²) in [6.45, 7) is 4.14. The van der Waals surface area contributed by atoms with E-state index in [0.29, 0.717) is 35.2 Å². The number of nitrogens with zero attached hydrogens (tertiary/aromatic N) is 2. The molecule has 0 bridgehead atoms. The molecular weight excluding hydrogens is 379 g/mol. The minimum atomic E-state index is -2.61. The first-order chi connectivity index (χ1) is 13.3. The van der Waals surface area contributed by atoms with Gasteiger partial charge in [-0.3, -0.25) is 0 Å². The lowest BCUT2D eigenvalue weighted by Gasteiger charge is -2.34. The van der Waals surface area contributed by atoms with E-state index in [1.165, 1.54) is 0 Å². The highest BCUT2D eigenvalue weighted by Crippen LogP contribution is 2.27. The standard InChI is InChI=1S/C20H27FN4O2S/c1-14-12-17(5-7-19(14)27-13-21)28(3,26)25-10-8-16(9-11-25)24-20-18(22)6-4-15(2)23-20/h4-7,12,16H,3,8-11,13,22H2,1-2H3,(H,23,24). The molecule has 3 rings (SSSR count). The van der Waals surface area contributed by atoms with Gasteiger partial charge >= 0.3 is 0 Å². The molecule has 1 aromatic carbocycles. The van der Waals surface area contributed by atoms with Crippen molar-refractivity contribution in [3.8, 4) is 5.75 Å². The summed E-state index contributed by atoms with van der Waals surface area (Å²) in [5, 5.41) is 3.40. The van der Waals surface area contributed by atoms with Crippen LogP contribution in [0.4, 0.5) is 15.9 Å². The number of hydrogen-bond donors (Lipinski definition) is 2. The first-order valence-corrected chi connectivity index (χ1v) is 10.9.